The van der Waals surface area contributed by atoms with Crippen LogP contribution in [0.5, 0.6) is 11.5 Å². The van der Waals surface area contributed by atoms with Gasteiger partial charge in [0.1, 0.15) is 0 Å². The van der Waals surface area contributed by atoms with E-state index in [9.17, 15) is 9.59 Å². The lowest BCUT2D eigenvalue weighted by Gasteiger charge is -2.59. The van der Waals surface area contributed by atoms with Crippen LogP contribution in [-0.4, -0.2) is 24.6 Å². The number of nitrogens with one attached hydrogen (secondary N) is 2. The van der Waals surface area contributed by atoms with E-state index in [0.717, 1.165) is 23.3 Å². The van der Waals surface area contributed by atoms with Gasteiger partial charge >= 0.3 is 11.8 Å². The summed E-state index contributed by atoms with van der Waals surface area (Å²) in [5.41, 5.74) is 1.07. The highest BCUT2D eigenvalue weighted by molar-refractivity contribution is 6.35. The van der Waals surface area contributed by atoms with E-state index in [0.29, 0.717) is 11.5 Å². The number of fused-ring (bicyclic) bond motifs is 1. The fourth-order valence-corrected chi connectivity index (χ4v) is 6.44. The maximum atomic E-state index is 12.5. The SMILES string of the molecule is CC(NC(=O)C(=O)NCc1ccc2c(c1)OCO2)C12CC3CC(CC(C3)C1)C2. The number of carbonyl (C=O) groups is 2. The standard InChI is InChI=1S/C22H28N2O4/c1-13(22-8-15-4-16(9-22)6-17(5-15)10-22)24-21(26)20(25)23-11-14-2-3-18-19(7-14)28-12-27-18/h2-3,7,13,15-17H,4-6,8-12H2,1H3,(H,23,25)(H,24,26). The van der Waals surface area contributed by atoms with Gasteiger partial charge in [-0.1, -0.05) is 6.07 Å². The third kappa shape index (κ3) is 3.12. The first kappa shape index (κ1) is 17.8. The Balaban J connectivity index is 1.17. The molecule has 0 aromatic heterocycles. The molecule has 4 aliphatic carbocycles. The van der Waals surface area contributed by atoms with Crippen LogP contribution >= 0.6 is 0 Å². The molecule has 2 N–H and O–H groups in total. The molecule has 1 aliphatic heterocycles. The molecule has 1 heterocycles. The Morgan fingerprint density at radius 3 is 2.36 bits per heavy atom. The lowest BCUT2D eigenvalue weighted by atomic mass is 9.48. The zero-order valence-corrected chi connectivity index (χ0v) is 16.3. The van der Waals surface area contributed by atoms with Crippen LogP contribution in [0.25, 0.3) is 0 Å². The molecule has 1 aromatic carbocycles. The largest absolute Gasteiger partial charge is 0.454 e. The van der Waals surface area contributed by atoms with Crippen molar-refractivity contribution in [1.29, 1.82) is 0 Å². The predicted molar refractivity (Wildman–Crippen MR) is 103 cm³/mol. The summed E-state index contributed by atoms with van der Waals surface area (Å²) in [6, 6.07) is 5.56. The Hall–Kier alpha value is -2.24. The van der Waals surface area contributed by atoms with Crippen molar-refractivity contribution in [1.82, 2.24) is 10.6 Å². The van der Waals surface area contributed by atoms with E-state index in [4.69, 9.17) is 9.47 Å². The highest BCUT2D eigenvalue weighted by Gasteiger charge is 2.53. The lowest BCUT2D eigenvalue weighted by Crippen LogP contribution is -2.57. The first-order valence-electron chi connectivity index (χ1n) is 10.5. The third-order valence-electron chi connectivity index (χ3n) is 7.45. The second-order valence-corrected chi connectivity index (χ2v) is 9.35. The summed E-state index contributed by atoms with van der Waals surface area (Å²) >= 11 is 0. The van der Waals surface area contributed by atoms with Crippen LogP contribution in [0.4, 0.5) is 0 Å². The monoisotopic (exact) mass is 384 g/mol. The molecule has 150 valence electrons. The van der Waals surface area contributed by atoms with Gasteiger partial charge in [0.25, 0.3) is 0 Å². The van der Waals surface area contributed by atoms with Crippen LogP contribution in [-0.2, 0) is 16.1 Å². The van der Waals surface area contributed by atoms with E-state index >= 15 is 0 Å². The lowest BCUT2D eigenvalue weighted by molar-refractivity contribution is -0.141. The van der Waals surface area contributed by atoms with E-state index in [1.54, 1.807) is 0 Å². The Labute approximate surface area is 165 Å². The predicted octanol–water partition coefficient (Wildman–Crippen LogP) is 2.75. The molecule has 6 heteroatoms. The van der Waals surface area contributed by atoms with Gasteiger partial charge < -0.3 is 20.1 Å². The molecule has 4 saturated carbocycles. The fraction of sp³-hybridized carbons (Fsp3) is 0.636. The normalized spacial score (nSPS) is 32.8. The summed E-state index contributed by atoms with van der Waals surface area (Å²) in [5.74, 6) is 2.75. The summed E-state index contributed by atoms with van der Waals surface area (Å²) in [7, 11) is 0. The third-order valence-corrected chi connectivity index (χ3v) is 7.45. The minimum Gasteiger partial charge on any atom is -0.454 e. The van der Waals surface area contributed by atoms with Crippen LogP contribution in [0.2, 0.25) is 0 Å². The van der Waals surface area contributed by atoms with E-state index < -0.39 is 11.8 Å². The summed E-state index contributed by atoms with van der Waals surface area (Å²) < 4.78 is 10.6. The van der Waals surface area contributed by atoms with Gasteiger partial charge in [0.05, 0.1) is 0 Å². The summed E-state index contributed by atoms with van der Waals surface area (Å²) in [5, 5.41) is 5.74. The van der Waals surface area contributed by atoms with E-state index in [1.165, 1.54) is 38.5 Å². The molecule has 4 fully saturated rings. The molecule has 28 heavy (non-hydrogen) atoms. The topological polar surface area (TPSA) is 76.7 Å². The Bertz CT molecular complexity index is 770. The average molecular weight is 384 g/mol. The molecular weight excluding hydrogens is 356 g/mol. The van der Waals surface area contributed by atoms with Gasteiger partial charge in [-0.3, -0.25) is 9.59 Å². The van der Waals surface area contributed by atoms with Gasteiger partial charge in [0.15, 0.2) is 11.5 Å². The molecule has 4 bridgehead atoms. The molecule has 1 aromatic rings. The van der Waals surface area contributed by atoms with Gasteiger partial charge in [-0.25, -0.2) is 0 Å². The second kappa shape index (κ2) is 6.68. The Morgan fingerprint density at radius 1 is 1.04 bits per heavy atom. The minimum absolute atomic E-state index is 0.0460. The van der Waals surface area contributed by atoms with Gasteiger partial charge in [0, 0.05) is 12.6 Å². The maximum Gasteiger partial charge on any atom is 0.309 e. The summed E-state index contributed by atoms with van der Waals surface area (Å²) in [6.07, 6.45) is 7.74. The van der Waals surface area contributed by atoms with Gasteiger partial charge in [-0.05, 0) is 86.3 Å². The van der Waals surface area contributed by atoms with Crippen molar-refractivity contribution in [2.75, 3.05) is 6.79 Å². The van der Waals surface area contributed by atoms with E-state index in [-0.39, 0.29) is 24.8 Å². The van der Waals surface area contributed by atoms with Crippen LogP contribution in [0, 0.1) is 23.2 Å². The Kier molecular flexibility index (Phi) is 4.25. The van der Waals surface area contributed by atoms with Crippen molar-refractivity contribution in [3.63, 3.8) is 0 Å². The van der Waals surface area contributed by atoms with Crippen LogP contribution in [0.1, 0.15) is 51.0 Å². The molecule has 0 saturated heterocycles. The second-order valence-electron chi connectivity index (χ2n) is 9.35. The number of rotatable bonds is 4. The molecular formula is C22H28N2O4. The quantitative estimate of drug-likeness (QED) is 0.783. The number of benzene rings is 1. The van der Waals surface area contributed by atoms with Crippen molar-refractivity contribution >= 4 is 11.8 Å². The summed E-state index contributed by atoms with van der Waals surface area (Å²) in [4.78, 5) is 24.8. The van der Waals surface area contributed by atoms with E-state index in [1.807, 2.05) is 18.2 Å². The molecule has 1 unspecified atom stereocenters. The zero-order valence-electron chi connectivity index (χ0n) is 16.3. The molecule has 2 amide bonds. The first-order valence-corrected chi connectivity index (χ1v) is 10.5. The van der Waals surface area contributed by atoms with Gasteiger partial charge in [-0.2, -0.15) is 0 Å². The molecule has 1 atom stereocenters. The highest BCUT2D eigenvalue weighted by atomic mass is 16.7. The van der Waals surface area contributed by atoms with Crippen molar-refractivity contribution in [3.8, 4) is 11.5 Å². The van der Waals surface area contributed by atoms with E-state index in [2.05, 4.69) is 17.6 Å². The highest BCUT2D eigenvalue weighted by Crippen LogP contribution is 2.61. The van der Waals surface area contributed by atoms with Crippen LogP contribution < -0.4 is 20.1 Å². The van der Waals surface area contributed by atoms with Crippen LogP contribution in [0.15, 0.2) is 18.2 Å². The average Bonchev–Trinajstić information content (AvgIpc) is 3.12. The molecule has 6 nitrogen and oxygen atoms in total. The van der Waals surface area contributed by atoms with Gasteiger partial charge in [0.2, 0.25) is 6.79 Å². The Morgan fingerprint density at radius 2 is 1.68 bits per heavy atom. The number of amides is 2. The van der Waals surface area contributed by atoms with Crippen molar-refractivity contribution < 1.29 is 19.1 Å². The molecule has 6 rings (SSSR count). The first-order chi connectivity index (χ1) is 13.5. The number of ether oxygens (including phenoxy) is 2. The van der Waals surface area contributed by atoms with Gasteiger partial charge in [-0.15, -0.1) is 0 Å². The number of hydrogen-bond donors (Lipinski definition) is 2. The smallest absolute Gasteiger partial charge is 0.309 e. The molecule has 0 spiro atoms. The maximum absolute atomic E-state index is 12.5. The van der Waals surface area contributed by atoms with Crippen molar-refractivity contribution in [3.05, 3.63) is 23.8 Å². The van der Waals surface area contributed by atoms with Crippen molar-refractivity contribution in [2.45, 2.75) is 58.0 Å². The zero-order chi connectivity index (χ0) is 19.3. The number of carbonyl (C=O) groups excluding carboxylic acids is 2. The molecule has 5 aliphatic rings. The molecule has 0 radical (unpaired) electrons. The van der Waals surface area contributed by atoms with Crippen LogP contribution in [0.3, 0.4) is 0 Å². The van der Waals surface area contributed by atoms with Crippen molar-refractivity contribution in [2.24, 2.45) is 23.2 Å². The minimum atomic E-state index is -0.575. The number of hydrogen-bond acceptors (Lipinski definition) is 4. The summed E-state index contributed by atoms with van der Waals surface area (Å²) in [6.45, 7) is 2.60. The fourth-order valence-electron chi connectivity index (χ4n) is 6.44.